The van der Waals surface area contributed by atoms with Gasteiger partial charge in [0.25, 0.3) is 0 Å². The first-order valence-corrected chi connectivity index (χ1v) is 8.33. The number of carbonyl (C=O) groups excluding carboxylic acids is 1. The van der Waals surface area contributed by atoms with Gasteiger partial charge in [-0.2, -0.15) is 0 Å². The Kier molecular flexibility index (Phi) is 9.17. The van der Waals surface area contributed by atoms with Crippen LogP contribution >= 0.6 is 12.4 Å². The second-order valence-electron chi connectivity index (χ2n) is 6.02. The number of rotatable bonds is 7. The maximum Gasteiger partial charge on any atom is 0.220 e. The molecule has 0 aliphatic carbocycles. The zero-order valence-electron chi connectivity index (χ0n) is 13.6. The fourth-order valence-corrected chi connectivity index (χ4v) is 2.87. The zero-order chi connectivity index (χ0) is 14.9. The quantitative estimate of drug-likeness (QED) is 0.809. The fraction of sp³-hybridized carbons (Fsp3) is 0.611. The first kappa shape index (κ1) is 19.0. The summed E-state index contributed by atoms with van der Waals surface area (Å²) in [6, 6.07) is 8.59. The Bertz CT molecular complexity index is 427. The molecule has 0 saturated carbocycles. The standard InChI is InChI=1S/C18H28N2O.ClH/c1-2-15-5-7-16(8-6-15)9-10-18(21)20-13-11-17-4-3-12-19-14-17;/h5-8,17,19H,2-4,9-14H2,1H3,(H,20,21);1H. The molecule has 1 aliphatic heterocycles. The normalized spacial score (nSPS) is 17.6. The smallest absolute Gasteiger partial charge is 0.220 e. The summed E-state index contributed by atoms with van der Waals surface area (Å²) < 4.78 is 0. The largest absolute Gasteiger partial charge is 0.356 e. The van der Waals surface area contributed by atoms with E-state index in [2.05, 4.69) is 41.8 Å². The van der Waals surface area contributed by atoms with Crippen LogP contribution in [0.1, 0.15) is 43.7 Å². The van der Waals surface area contributed by atoms with Gasteiger partial charge in [0.15, 0.2) is 0 Å². The molecule has 3 nitrogen and oxygen atoms in total. The maximum atomic E-state index is 11.9. The number of amides is 1. The molecule has 0 spiro atoms. The Balaban J connectivity index is 0.00000242. The summed E-state index contributed by atoms with van der Waals surface area (Å²) in [6.07, 6.45) is 6.16. The minimum atomic E-state index is 0. The first-order valence-electron chi connectivity index (χ1n) is 8.33. The third kappa shape index (κ3) is 6.80. The molecule has 2 N–H and O–H groups in total. The monoisotopic (exact) mass is 324 g/mol. The van der Waals surface area contributed by atoms with Gasteiger partial charge in [0.05, 0.1) is 0 Å². The van der Waals surface area contributed by atoms with Crippen LogP contribution in [-0.2, 0) is 17.6 Å². The number of hydrogen-bond donors (Lipinski definition) is 2. The molecule has 1 aliphatic rings. The average Bonchev–Trinajstić information content (AvgIpc) is 2.54. The summed E-state index contributed by atoms with van der Waals surface area (Å²) in [6.45, 7) is 5.24. The summed E-state index contributed by atoms with van der Waals surface area (Å²) in [5, 5.41) is 6.47. The molecule has 22 heavy (non-hydrogen) atoms. The molecular weight excluding hydrogens is 296 g/mol. The fourth-order valence-electron chi connectivity index (χ4n) is 2.87. The molecule has 0 bridgehead atoms. The van der Waals surface area contributed by atoms with Crippen molar-refractivity contribution in [3.63, 3.8) is 0 Å². The van der Waals surface area contributed by atoms with Gasteiger partial charge in [-0.1, -0.05) is 31.2 Å². The van der Waals surface area contributed by atoms with E-state index in [-0.39, 0.29) is 18.3 Å². The van der Waals surface area contributed by atoms with Crippen LogP contribution in [0.15, 0.2) is 24.3 Å². The lowest BCUT2D eigenvalue weighted by atomic mass is 9.96. The lowest BCUT2D eigenvalue weighted by molar-refractivity contribution is -0.121. The van der Waals surface area contributed by atoms with Gasteiger partial charge in [0.2, 0.25) is 5.91 Å². The zero-order valence-corrected chi connectivity index (χ0v) is 14.4. The second kappa shape index (κ2) is 10.6. The molecule has 1 heterocycles. The number of hydrogen-bond acceptors (Lipinski definition) is 2. The topological polar surface area (TPSA) is 41.1 Å². The number of nitrogens with one attached hydrogen (secondary N) is 2. The molecule has 0 radical (unpaired) electrons. The summed E-state index contributed by atoms with van der Waals surface area (Å²) in [5.74, 6) is 0.916. The van der Waals surface area contributed by atoms with Gasteiger partial charge >= 0.3 is 0 Å². The van der Waals surface area contributed by atoms with E-state index in [1.54, 1.807) is 0 Å². The minimum absolute atomic E-state index is 0. The van der Waals surface area contributed by atoms with Crippen LogP contribution in [0, 0.1) is 5.92 Å². The van der Waals surface area contributed by atoms with Crippen molar-refractivity contribution in [2.24, 2.45) is 5.92 Å². The van der Waals surface area contributed by atoms with E-state index in [1.165, 1.54) is 24.0 Å². The summed E-state index contributed by atoms with van der Waals surface area (Å²) in [4.78, 5) is 11.9. The number of piperidine rings is 1. The van der Waals surface area contributed by atoms with Crippen LogP contribution in [0.25, 0.3) is 0 Å². The Morgan fingerprint density at radius 3 is 2.64 bits per heavy atom. The molecule has 124 valence electrons. The highest BCUT2D eigenvalue weighted by molar-refractivity contribution is 5.85. The van der Waals surface area contributed by atoms with E-state index >= 15 is 0 Å². The van der Waals surface area contributed by atoms with E-state index in [0.29, 0.717) is 6.42 Å². The Hall–Kier alpha value is -1.06. The highest BCUT2D eigenvalue weighted by Crippen LogP contribution is 2.13. The van der Waals surface area contributed by atoms with Gasteiger partial charge < -0.3 is 10.6 Å². The molecule has 1 atom stereocenters. The molecule has 1 amide bonds. The molecule has 1 aromatic carbocycles. The van der Waals surface area contributed by atoms with Crippen molar-refractivity contribution in [1.82, 2.24) is 10.6 Å². The van der Waals surface area contributed by atoms with Gasteiger partial charge in [-0.05, 0) is 62.2 Å². The SMILES string of the molecule is CCc1ccc(CCC(=O)NCCC2CCCNC2)cc1.Cl. The first-order chi connectivity index (χ1) is 10.3. The van der Waals surface area contributed by atoms with Crippen molar-refractivity contribution in [3.8, 4) is 0 Å². The molecular formula is C18H29ClN2O. The van der Waals surface area contributed by atoms with Crippen LogP contribution in [0.5, 0.6) is 0 Å². The van der Waals surface area contributed by atoms with Crippen molar-refractivity contribution in [1.29, 1.82) is 0 Å². The van der Waals surface area contributed by atoms with Gasteiger partial charge in [0.1, 0.15) is 0 Å². The van der Waals surface area contributed by atoms with Gasteiger partial charge in [0, 0.05) is 13.0 Å². The average molecular weight is 325 g/mol. The van der Waals surface area contributed by atoms with Crippen LogP contribution in [-0.4, -0.2) is 25.5 Å². The summed E-state index contributed by atoms with van der Waals surface area (Å²) in [7, 11) is 0. The van der Waals surface area contributed by atoms with Gasteiger partial charge in [-0.15, -0.1) is 12.4 Å². The Morgan fingerprint density at radius 1 is 1.27 bits per heavy atom. The number of carbonyl (C=O) groups is 1. The van der Waals surface area contributed by atoms with Crippen LogP contribution in [0.3, 0.4) is 0 Å². The lowest BCUT2D eigenvalue weighted by Crippen LogP contribution is -2.33. The molecule has 1 fully saturated rings. The van der Waals surface area contributed by atoms with Gasteiger partial charge in [-0.25, -0.2) is 0 Å². The van der Waals surface area contributed by atoms with Crippen molar-refractivity contribution in [3.05, 3.63) is 35.4 Å². The van der Waals surface area contributed by atoms with Crippen molar-refractivity contribution in [2.75, 3.05) is 19.6 Å². The van der Waals surface area contributed by atoms with E-state index in [4.69, 9.17) is 0 Å². The highest BCUT2D eigenvalue weighted by atomic mass is 35.5. The predicted octanol–water partition coefficient (Wildman–Crippen LogP) is 3.11. The molecule has 4 heteroatoms. The molecule has 2 rings (SSSR count). The van der Waals surface area contributed by atoms with Crippen molar-refractivity contribution >= 4 is 18.3 Å². The summed E-state index contributed by atoms with van der Waals surface area (Å²) in [5.41, 5.74) is 2.60. The number of aryl methyl sites for hydroxylation is 2. The molecule has 1 saturated heterocycles. The minimum Gasteiger partial charge on any atom is -0.356 e. The van der Waals surface area contributed by atoms with E-state index < -0.39 is 0 Å². The Morgan fingerprint density at radius 2 is 2.00 bits per heavy atom. The molecule has 0 aromatic heterocycles. The number of halogens is 1. The van der Waals surface area contributed by atoms with Gasteiger partial charge in [-0.3, -0.25) is 4.79 Å². The second-order valence-corrected chi connectivity index (χ2v) is 6.02. The van der Waals surface area contributed by atoms with E-state index in [0.717, 1.165) is 44.8 Å². The highest BCUT2D eigenvalue weighted by Gasteiger charge is 2.12. The Labute approximate surface area is 140 Å². The van der Waals surface area contributed by atoms with Crippen LogP contribution in [0.2, 0.25) is 0 Å². The summed E-state index contributed by atoms with van der Waals surface area (Å²) >= 11 is 0. The van der Waals surface area contributed by atoms with Crippen LogP contribution < -0.4 is 10.6 Å². The molecule has 1 unspecified atom stereocenters. The third-order valence-electron chi connectivity index (χ3n) is 4.35. The maximum absolute atomic E-state index is 11.9. The van der Waals surface area contributed by atoms with Crippen molar-refractivity contribution < 1.29 is 4.79 Å². The van der Waals surface area contributed by atoms with Crippen LogP contribution in [0.4, 0.5) is 0 Å². The molecule has 1 aromatic rings. The van der Waals surface area contributed by atoms with E-state index in [9.17, 15) is 4.79 Å². The number of benzene rings is 1. The van der Waals surface area contributed by atoms with E-state index in [1.807, 2.05) is 0 Å². The van der Waals surface area contributed by atoms with Crippen molar-refractivity contribution in [2.45, 2.75) is 45.4 Å². The lowest BCUT2D eigenvalue weighted by Gasteiger charge is -2.22. The third-order valence-corrected chi connectivity index (χ3v) is 4.35. The predicted molar refractivity (Wildman–Crippen MR) is 94.6 cm³/mol.